The molecule has 1 aliphatic carbocycles. The lowest BCUT2D eigenvalue weighted by Gasteiger charge is -2.58. The number of piperidine rings is 1. The molecule has 9 N–H and O–H groups in total. The third kappa shape index (κ3) is 8.65. The van der Waals surface area contributed by atoms with Gasteiger partial charge in [-0.15, -0.1) is 0 Å². The first-order valence-electron chi connectivity index (χ1n) is 19.6. The molecule has 4 aliphatic rings. The van der Waals surface area contributed by atoms with Crippen LogP contribution in [0.5, 0.6) is 28.7 Å². The molecule has 0 aromatic heterocycles. The molecule has 2 saturated heterocycles. The zero-order valence-corrected chi connectivity index (χ0v) is 32.3. The SMILES string of the molecule is COc1cc(CC[C@H]2C[C@H](O)[C@H](CCO)[C@@H](c3cc(OC)c(O)c(OC[C@@H]4N[C@@H](C)CC5(CCCC5)[C@@]4(CC(=O)O)CC4=CCNC(N)=C4)c3)O2)ccc1O. The van der Waals surface area contributed by atoms with Gasteiger partial charge in [0.25, 0.3) is 0 Å². The largest absolute Gasteiger partial charge is 0.504 e. The number of aliphatic carboxylic acids is 1. The Bertz CT molecular complexity index is 1730. The molecule has 13 heteroatoms. The van der Waals surface area contributed by atoms with Crippen LogP contribution in [-0.4, -0.2) is 89.8 Å². The quantitative estimate of drug-likeness (QED) is 0.123. The third-order valence-corrected chi connectivity index (χ3v) is 12.7. The van der Waals surface area contributed by atoms with Crippen LogP contribution in [0.4, 0.5) is 0 Å². The Morgan fingerprint density at radius 2 is 1.80 bits per heavy atom. The van der Waals surface area contributed by atoms with Gasteiger partial charge in [-0.25, -0.2) is 0 Å². The van der Waals surface area contributed by atoms with Gasteiger partial charge in [0, 0.05) is 36.6 Å². The number of aryl methyl sites for hydroxylation is 1. The second-order valence-corrected chi connectivity index (χ2v) is 16.1. The van der Waals surface area contributed by atoms with Crippen LogP contribution < -0.4 is 30.6 Å². The van der Waals surface area contributed by atoms with Crippen molar-refractivity contribution in [2.45, 2.75) is 108 Å². The number of benzene rings is 2. The van der Waals surface area contributed by atoms with E-state index in [0.717, 1.165) is 43.2 Å². The number of aliphatic hydroxyl groups is 2. The molecule has 0 unspecified atom stereocenters. The Hall–Kier alpha value is -4.17. The number of nitrogens with one attached hydrogen (secondary N) is 2. The van der Waals surface area contributed by atoms with Gasteiger partial charge in [-0.1, -0.05) is 25.0 Å². The minimum Gasteiger partial charge on any atom is -0.504 e. The second-order valence-electron chi connectivity index (χ2n) is 16.1. The van der Waals surface area contributed by atoms with Gasteiger partial charge in [0.1, 0.15) is 6.61 Å². The van der Waals surface area contributed by atoms with E-state index in [9.17, 15) is 30.3 Å². The summed E-state index contributed by atoms with van der Waals surface area (Å²) in [5.41, 5.74) is 7.82. The maximum Gasteiger partial charge on any atom is 0.304 e. The number of allylic oxidation sites excluding steroid dienone is 2. The molecule has 6 rings (SSSR count). The first-order valence-corrected chi connectivity index (χ1v) is 19.6. The van der Waals surface area contributed by atoms with Crippen LogP contribution in [0.15, 0.2) is 53.9 Å². The lowest BCUT2D eigenvalue weighted by molar-refractivity contribution is -0.148. The van der Waals surface area contributed by atoms with Crippen molar-refractivity contribution in [1.82, 2.24) is 10.6 Å². The normalized spacial score (nSPS) is 28.9. The molecule has 2 aromatic rings. The standard InChI is InChI=1S/C42H59N3O10/c1-25-21-41(12-4-5-13-41)42(23-38(49)50,22-27-10-14-44-37(43)17-27)36(45-25)24-54-35-19-28(18-34(53-3)39(35)51)40-30(11-15-46)32(48)20-29(55-40)8-6-26-7-9-31(47)33(16-26)52-2/h7,9-10,16-19,25,29-30,32,36,40,44-48,51H,4-6,8,11-15,20-24,43H2,1-3H3,(H,49,50)/t25-,29-,30-,32-,36-,40+,42+/m0/s1. The lowest BCUT2D eigenvalue weighted by atomic mass is 9.50. The number of hydrogen-bond donors (Lipinski definition) is 8. The maximum absolute atomic E-state index is 12.8. The predicted octanol–water partition coefficient (Wildman–Crippen LogP) is 4.81. The topological polar surface area (TPSA) is 205 Å². The summed E-state index contributed by atoms with van der Waals surface area (Å²) in [6.07, 6.45) is 9.32. The fourth-order valence-electron chi connectivity index (χ4n) is 10.2. The van der Waals surface area contributed by atoms with Gasteiger partial charge in [0.2, 0.25) is 5.75 Å². The van der Waals surface area contributed by atoms with Crippen molar-refractivity contribution in [3.8, 4) is 28.7 Å². The lowest BCUT2D eigenvalue weighted by Crippen LogP contribution is -2.65. The zero-order chi connectivity index (χ0) is 39.3. The highest BCUT2D eigenvalue weighted by Gasteiger charge is 2.60. The molecule has 3 aliphatic heterocycles. The van der Waals surface area contributed by atoms with Crippen molar-refractivity contribution in [2.75, 3.05) is 34.0 Å². The number of hydrogen-bond acceptors (Lipinski definition) is 12. The Balaban J connectivity index is 1.30. The van der Waals surface area contributed by atoms with E-state index in [-0.39, 0.29) is 66.2 Å². The summed E-state index contributed by atoms with van der Waals surface area (Å²) in [4.78, 5) is 12.8. The molecule has 1 saturated carbocycles. The number of carboxylic acid groups (broad SMARTS) is 1. The monoisotopic (exact) mass is 765 g/mol. The second kappa shape index (κ2) is 17.3. The summed E-state index contributed by atoms with van der Waals surface area (Å²) in [5.74, 6) is -0.186. The number of nitrogens with two attached hydrogens (primary N) is 1. The Morgan fingerprint density at radius 3 is 2.49 bits per heavy atom. The van der Waals surface area contributed by atoms with Gasteiger partial charge in [0.15, 0.2) is 23.0 Å². The van der Waals surface area contributed by atoms with Crippen LogP contribution in [-0.2, 0) is 16.0 Å². The van der Waals surface area contributed by atoms with Crippen LogP contribution in [0.25, 0.3) is 0 Å². The minimum atomic E-state index is -0.868. The van der Waals surface area contributed by atoms with Crippen LogP contribution in [0.3, 0.4) is 0 Å². The van der Waals surface area contributed by atoms with E-state index in [0.29, 0.717) is 55.8 Å². The Morgan fingerprint density at radius 1 is 1.05 bits per heavy atom. The number of rotatable bonds is 15. The first-order chi connectivity index (χ1) is 26.4. The number of aromatic hydroxyl groups is 2. The molecule has 0 bridgehead atoms. The van der Waals surface area contributed by atoms with Crippen LogP contribution in [0.1, 0.15) is 88.4 Å². The minimum absolute atomic E-state index is 0.0520. The number of dihydropyridines is 1. The number of phenolic OH excluding ortho intramolecular Hbond substituents is 2. The van der Waals surface area contributed by atoms with Crippen molar-refractivity contribution in [3.05, 3.63) is 65.0 Å². The van der Waals surface area contributed by atoms with Crippen LogP contribution in [0, 0.1) is 16.7 Å². The average Bonchev–Trinajstić information content (AvgIpc) is 3.62. The number of aliphatic hydroxyl groups excluding tert-OH is 2. The Kier molecular flexibility index (Phi) is 12.7. The summed E-state index contributed by atoms with van der Waals surface area (Å²) >= 11 is 0. The van der Waals surface area contributed by atoms with Crippen molar-refractivity contribution in [1.29, 1.82) is 0 Å². The summed E-state index contributed by atoms with van der Waals surface area (Å²) in [6.45, 7) is 2.64. The van der Waals surface area contributed by atoms with Crippen molar-refractivity contribution >= 4 is 5.97 Å². The third-order valence-electron chi connectivity index (χ3n) is 12.7. The molecule has 7 atom stereocenters. The average molecular weight is 766 g/mol. The fraction of sp³-hybridized carbons (Fsp3) is 0.595. The Labute approximate surface area is 323 Å². The van der Waals surface area contributed by atoms with Crippen molar-refractivity contribution in [3.63, 3.8) is 0 Å². The first kappa shape index (κ1) is 40.5. The number of ether oxygens (including phenoxy) is 4. The number of carbonyl (C=O) groups is 1. The van der Waals surface area contributed by atoms with E-state index in [1.54, 1.807) is 24.3 Å². The molecule has 3 heterocycles. The molecule has 3 fully saturated rings. The fourth-order valence-corrected chi connectivity index (χ4v) is 10.2. The molecule has 0 radical (unpaired) electrons. The zero-order valence-electron chi connectivity index (χ0n) is 32.3. The van der Waals surface area contributed by atoms with E-state index in [1.165, 1.54) is 14.2 Å². The molecule has 2 aromatic carbocycles. The van der Waals surface area contributed by atoms with E-state index in [4.69, 9.17) is 24.7 Å². The van der Waals surface area contributed by atoms with Crippen molar-refractivity contribution in [2.24, 2.45) is 22.5 Å². The van der Waals surface area contributed by atoms with Crippen LogP contribution in [0.2, 0.25) is 0 Å². The molecule has 0 amide bonds. The van der Waals surface area contributed by atoms with Gasteiger partial charge >= 0.3 is 5.97 Å². The van der Waals surface area contributed by atoms with Gasteiger partial charge in [-0.05, 0) is 111 Å². The van der Waals surface area contributed by atoms with Crippen molar-refractivity contribution < 1.29 is 49.3 Å². The van der Waals surface area contributed by atoms with E-state index in [2.05, 4.69) is 23.6 Å². The predicted molar refractivity (Wildman–Crippen MR) is 206 cm³/mol. The highest BCUT2D eigenvalue weighted by molar-refractivity contribution is 5.68. The summed E-state index contributed by atoms with van der Waals surface area (Å²) in [6, 6.07) is 8.32. The van der Waals surface area contributed by atoms with Gasteiger partial charge < -0.3 is 60.8 Å². The number of carboxylic acids is 1. The van der Waals surface area contributed by atoms with Gasteiger partial charge in [-0.2, -0.15) is 0 Å². The molecule has 1 spiro atoms. The highest BCUT2D eigenvalue weighted by Crippen LogP contribution is 2.62. The van der Waals surface area contributed by atoms with E-state index < -0.39 is 29.5 Å². The highest BCUT2D eigenvalue weighted by atomic mass is 16.5. The van der Waals surface area contributed by atoms with Crippen LogP contribution >= 0.6 is 0 Å². The maximum atomic E-state index is 12.8. The molecular weight excluding hydrogens is 706 g/mol. The van der Waals surface area contributed by atoms with Gasteiger partial charge in [-0.3, -0.25) is 4.79 Å². The molecule has 55 heavy (non-hydrogen) atoms. The summed E-state index contributed by atoms with van der Waals surface area (Å²) < 4.78 is 24.2. The van der Waals surface area contributed by atoms with E-state index >= 15 is 0 Å². The summed E-state index contributed by atoms with van der Waals surface area (Å²) in [7, 11) is 2.96. The van der Waals surface area contributed by atoms with Gasteiger partial charge in [0.05, 0.1) is 44.8 Å². The molecule has 13 nitrogen and oxygen atoms in total. The molecular formula is C42H59N3O10. The number of methoxy groups -OCH3 is 2. The number of phenols is 2. The molecule has 302 valence electrons. The summed E-state index contributed by atoms with van der Waals surface area (Å²) in [5, 5.41) is 60.3. The van der Waals surface area contributed by atoms with E-state index in [1.807, 2.05) is 12.1 Å². The smallest absolute Gasteiger partial charge is 0.304 e.